The minimum atomic E-state index is -4.69. The van der Waals surface area contributed by atoms with Gasteiger partial charge in [-0.25, -0.2) is 0 Å². The number of hydrogen-bond donors (Lipinski definition) is 3. The molecule has 1 amide bonds. The van der Waals surface area contributed by atoms with E-state index >= 15 is 0 Å². The molecule has 0 radical (unpaired) electrons. The summed E-state index contributed by atoms with van der Waals surface area (Å²) in [5, 5.41) is 23.4. The molecule has 0 unspecified atom stereocenters. The third-order valence-electron chi connectivity index (χ3n) is 5.80. The van der Waals surface area contributed by atoms with Gasteiger partial charge in [0, 0.05) is 16.5 Å². The molecule has 4 aromatic rings. The zero-order valence-electron chi connectivity index (χ0n) is 20.8. The Bertz CT molecular complexity index is 1720. The average Bonchev–Trinajstić information content (AvgIpc) is 2.89. The summed E-state index contributed by atoms with van der Waals surface area (Å²) in [6, 6.07) is 15.7. The fourth-order valence-corrected chi connectivity index (χ4v) is 5.10. The Morgan fingerprint density at radius 1 is 1.00 bits per heavy atom. The molecular weight excluding hydrogens is 565 g/mol. The SMILES string of the molecule is CCOc1cc(Cl)ccc1NC(=O)c1cc2ccccc2c(N=Nc2c(S(=O)(=O)O)ccc(CC)c2Cl)c1O. The number of rotatable bonds is 8. The summed E-state index contributed by atoms with van der Waals surface area (Å²) in [6.07, 6.45) is 0.464. The highest BCUT2D eigenvalue weighted by Gasteiger charge is 2.22. The van der Waals surface area contributed by atoms with Crippen LogP contribution < -0.4 is 10.1 Å². The van der Waals surface area contributed by atoms with Gasteiger partial charge in [0.15, 0.2) is 5.75 Å². The van der Waals surface area contributed by atoms with Crippen molar-refractivity contribution < 1.29 is 27.6 Å². The molecule has 4 rings (SSSR count). The van der Waals surface area contributed by atoms with Gasteiger partial charge in [-0.15, -0.1) is 10.2 Å². The average molecular weight is 588 g/mol. The van der Waals surface area contributed by atoms with Crippen LogP contribution in [0.4, 0.5) is 17.1 Å². The summed E-state index contributed by atoms with van der Waals surface area (Å²) in [7, 11) is -4.69. The Morgan fingerprint density at radius 3 is 2.41 bits per heavy atom. The van der Waals surface area contributed by atoms with Crippen LogP contribution in [0.15, 0.2) is 75.8 Å². The zero-order chi connectivity index (χ0) is 28.3. The third kappa shape index (κ3) is 5.99. The van der Waals surface area contributed by atoms with Crippen molar-refractivity contribution in [1.82, 2.24) is 0 Å². The number of hydrogen-bond acceptors (Lipinski definition) is 7. The third-order valence-corrected chi connectivity index (χ3v) is 7.34. The second kappa shape index (κ2) is 11.6. The van der Waals surface area contributed by atoms with E-state index in [1.807, 2.05) is 6.92 Å². The number of phenolic OH excluding ortho intramolecular Hbond substituents is 1. The molecule has 4 aromatic carbocycles. The Labute approximate surface area is 234 Å². The maximum Gasteiger partial charge on any atom is 0.296 e. The number of nitrogens with one attached hydrogen (secondary N) is 1. The number of halogens is 2. The van der Waals surface area contributed by atoms with Crippen molar-refractivity contribution in [3.8, 4) is 11.5 Å². The van der Waals surface area contributed by atoms with Gasteiger partial charge in [0.05, 0.1) is 22.9 Å². The van der Waals surface area contributed by atoms with E-state index in [1.54, 1.807) is 49.4 Å². The lowest BCUT2D eigenvalue weighted by atomic mass is 10.0. The van der Waals surface area contributed by atoms with Gasteiger partial charge in [0.25, 0.3) is 16.0 Å². The first kappa shape index (κ1) is 28.3. The fraction of sp³-hybridized carbons (Fsp3) is 0.148. The number of aryl methyl sites for hydroxylation is 1. The van der Waals surface area contributed by atoms with Crippen LogP contribution in [0.1, 0.15) is 29.8 Å². The van der Waals surface area contributed by atoms with Crippen LogP contribution in [0.3, 0.4) is 0 Å². The van der Waals surface area contributed by atoms with Crippen molar-refractivity contribution in [2.75, 3.05) is 11.9 Å². The molecule has 12 heteroatoms. The van der Waals surface area contributed by atoms with Crippen LogP contribution in [0.2, 0.25) is 10.0 Å². The van der Waals surface area contributed by atoms with Crippen LogP contribution in [0.25, 0.3) is 10.8 Å². The van der Waals surface area contributed by atoms with Crippen LogP contribution in [-0.2, 0) is 16.5 Å². The number of nitrogens with zero attached hydrogens (tertiary/aromatic N) is 2. The normalized spacial score (nSPS) is 11.7. The second-order valence-electron chi connectivity index (χ2n) is 8.28. The Kier molecular flexibility index (Phi) is 8.41. The number of azo groups is 1. The van der Waals surface area contributed by atoms with E-state index in [2.05, 4.69) is 15.5 Å². The summed E-state index contributed by atoms with van der Waals surface area (Å²) >= 11 is 12.4. The first-order chi connectivity index (χ1) is 18.5. The van der Waals surface area contributed by atoms with Crippen LogP contribution >= 0.6 is 23.2 Å². The van der Waals surface area contributed by atoms with Crippen LogP contribution in [0, 0.1) is 0 Å². The Hall–Kier alpha value is -3.70. The van der Waals surface area contributed by atoms with Crippen molar-refractivity contribution in [2.45, 2.75) is 25.2 Å². The van der Waals surface area contributed by atoms with Crippen LogP contribution in [0.5, 0.6) is 11.5 Å². The molecule has 0 bridgehead atoms. The topological polar surface area (TPSA) is 138 Å². The minimum absolute atomic E-state index is 0.0136. The number of phenols is 1. The number of benzene rings is 4. The van der Waals surface area contributed by atoms with Gasteiger partial charge in [-0.05, 0) is 48.6 Å². The summed E-state index contributed by atoms with van der Waals surface area (Å²) in [5.74, 6) is -0.817. The lowest BCUT2D eigenvalue weighted by Gasteiger charge is -2.14. The number of anilines is 1. The fourth-order valence-electron chi connectivity index (χ4n) is 3.92. The number of fused-ring (bicyclic) bond motifs is 1. The quantitative estimate of drug-likeness (QED) is 0.142. The molecule has 39 heavy (non-hydrogen) atoms. The van der Waals surface area contributed by atoms with E-state index in [0.717, 1.165) is 0 Å². The van der Waals surface area contributed by atoms with E-state index in [1.165, 1.54) is 18.2 Å². The van der Waals surface area contributed by atoms with Gasteiger partial charge in [0.2, 0.25) is 0 Å². The minimum Gasteiger partial charge on any atom is -0.505 e. The molecule has 9 nitrogen and oxygen atoms in total. The standard InChI is InChI=1S/C27H23Cl2N3O6S/c1-3-15-9-12-22(39(35,36)37)25(23(15)29)32-31-24-18-8-6-5-7-16(18)13-19(26(24)33)27(34)30-20-11-10-17(28)14-21(20)38-4-2/h5-14,33H,3-4H2,1-2H3,(H,30,34)(H,35,36,37). The number of carbonyl (C=O) groups is 1. The molecule has 0 aliphatic heterocycles. The smallest absolute Gasteiger partial charge is 0.296 e. The molecule has 0 atom stereocenters. The maximum atomic E-state index is 13.3. The van der Waals surface area contributed by atoms with Crippen LogP contribution in [-0.4, -0.2) is 30.6 Å². The molecule has 202 valence electrons. The van der Waals surface area contributed by atoms with E-state index in [-0.39, 0.29) is 22.0 Å². The van der Waals surface area contributed by atoms with E-state index in [4.69, 9.17) is 27.9 Å². The van der Waals surface area contributed by atoms with Gasteiger partial charge in [-0.2, -0.15) is 8.42 Å². The molecule has 0 aliphatic rings. The monoisotopic (exact) mass is 587 g/mol. The predicted octanol–water partition coefficient (Wildman–Crippen LogP) is 7.73. The molecule has 0 saturated carbocycles. The van der Waals surface area contributed by atoms with Gasteiger partial charge in [0.1, 0.15) is 22.0 Å². The number of ether oxygens (including phenoxy) is 1. The van der Waals surface area contributed by atoms with Crippen molar-refractivity contribution in [2.24, 2.45) is 10.2 Å². The number of aromatic hydroxyl groups is 1. The highest BCUT2D eigenvalue weighted by molar-refractivity contribution is 7.86. The summed E-state index contributed by atoms with van der Waals surface area (Å²) in [4.78, 5) is 12.8. The molecule has 0 saturated heterocycles. The first-order valence-corrected chi connectivity index (χ1v) is 13.9. The Balaban J connectivity index is 1.85. The largest absolute Gasteiger partial charge is 0.505 e. The molecule has 0 spiro atoms. The highest BCUT2D eigenvalue weighted by Crippen LogP contribution is 2.42. The van der Waals surface area contributed by atoms with Gasteiger partial charge >= 0.3 is 0 Å². The summed E-state index contributed by atoms with van der Waals surface area (Å²) < 4.78 is 39.2. The molecule has 0 aromatic heterocycles. The van der Waals surface area contributed by atoms with Gasteiger partial charge in [-0.1, -0.05) is 60.5 Å². The second-order valence-corrected chi connectivity index (χ2v) is 10.5. The van der Waals surface area contributed by atoms with Crippen molar-refractivity contribution in [3.05, 3.63) is 81.8 Å². The van der Waals surface area contributed by atoms with E-state index in [9.17, 15) is 22.9 Å². The first-order valence-electron chi connectivity index (χ1n) is 11.7. The Morgan fingerprint density at radius 2 is 1.72 bits per heavy atom. The number of amides is 1. The lowest BCUT2D eigenvalue weighted by molar-refractivity contribution is 0.102. The van der Waals surface area contributed by atoms with Crippen molar-refractivity contribution >= 4 is 67.1 Å². The lowest BCUT2D eigenvalue weighted by Crippen LogP contribution is -2.13. The number of carbonyl (C=O) groups excluding carboxylic acids is 1. The van der Waals surface area contributed by atoms with Gasteiger partial charge < -0.3 is 15.2 Å². The van der Waals surface area contributed by atoms with Crippen molar-refractivity contribution in [1.29, 1.82) is 0 Å². The van der Waals surface area contributed by atoms with E-state index < -0.39 is 26.7 Å². The zero-order valence-corrected chi connectivity index (χ0v) is 23.1. The molecule has 0 fully saturated rings. The highest BCUT2D eigenvalue weighted by atomic mass is 35.5. The molecular formula is C27H23Cl2N3O6S. The summed E-state index contributed by atoms with van der Waals surface area (Å²) in [6.45, 7) is 3.94. The molecule has 3 N–H and O–H groups in total. The van der Waals surface area contributed by atoms with Gasteiger partial charge in [-0.3, -0.25) is 9.35 Å². The van der Waals surface area contributed by atoms with Crippen molar-refractivity contribution in [3.63, 3.8) is 0 Å². The van der Waals surface area contributed by atoms with E-state index in [0.29, 0.717) is 45.8 Å². The maximum absolute atomic E-state index is 13.3. The predicted molar refractivity (Wildman–Crippen MR) is 151 cm³/mol. The summed E-state index contributed by atoms with van der Waals surface area (Å²) in [5.41, 5.74) is 0.401. The molecule has 0 aliphatic carbocycles. The molecule has 0 heterocycles.